The van der Waals surface area contributed by atoms with Crippen molar-refractivity contribution in [2.45, 2.75) is 20.8 Å². The monoisotopic (exact) mass is 426 g/mol. The van der Waals surface area contributed by atoms with Gasteiger partial charge in [0.25, 0.3) is 5.91 Å². The van der Waals surface area contributed by atoms with Gasteiger partial charge in [0.15, 0.2) is 0 Å². The molecule has 0 aromatic heterocycles. The van der Waals surface area contributed by atoms with Crippen LogP contribution in [0.1, 0.15) is 30.5 Å². The lowest BCUT2D eigenvalue weighted by molar-refractivity contribution is -0.113. The maximum Gasteiger partial charge on any atom is 0.282 e. The third-order valence-electron chi connectivity index (χ3n) is 5.07. The standard InChI is InChI=1S/C27H26N2O3/c1-4-31-23-14-8-20(9-15-23)18-25-27(30)29(22-12-16-24(17-13-22)32-5-2)26(28-25)21-10-6-19(3)7-11-21/h6-18H,4-5H2,1-3H3/b25-18+. The number of carbonyl (C=O) groups excluding carboxylic acids is 1. The van der Waals surface area contributed by atoms with Crippen LogP contribution in [0.25, 0.3) is 6.08 Å². The number of benzene rings is 3. The van der Waals surface area contributed by atoms with Gasteiger partial charge in [-0.25, -0.2) is 4.99 Å². The van der Waals surface area contributed by atoms with Gasteiger partial charge in [-0.2, -0.15) is 0 Å². The van der Waals surface area contributed by atoms with Crippen molar-refractivity contribution < 1.29 is 14.3 Å². The third kappa shape index (κ3) is 4.57. The van der Waals surface area contributed by atoms with Crippen LogP contribution in [0.15, 0.2) is 83.5 Å². The Bertz CT molecular complexity index is 1150. The average Bonchev–Trinajstić information content (AvgIpc) is 3.12. The summed E-state index contributed by atoms with van der Waals surface area (Å²) >= 11 is 0. The van der Waals surface area contributed by atoms with E-state index in [-0.39, 0.29) is 5.91 Å². The maximum absolute atomic E-state index is 13.4. The predicted octanol–water partition coefficient (Wildman–Crippen LogP) is 5.63. The zero-order valence-corrected chi connectivity index (χ0v) is 18.5. The Morgan fingerprint density at radius 2 is 1.38 bits per heavy atom. The molecule has 4 rings (SSSR count). The van der Waals surface area contributed by atoms with Crippen LogP contribution in [-0.2, 0) is 4.79 Å². The maximum atomic E-state index is 13.4. The summed E-state index contributed by atoms with van der Waals surface area (Å²) in [5.41, 5.74) is 4.05. The molecule has 0 aliphatic carbocycles. The number of amides is 1. The SMILES string of the molecule is CCOc1ccc(/C=C2/N=C(c3ccc(C)cc3)N(c3ccc(OCC)cc3)C2=O)cc1. The van der Waals surface area contributed by atoms with Gasteiger partial charge in [-0.1, -0.05) is 42.0 Å². The molecule has 0 fully saturated rings. The molecule has 0 spiro atoms. The smallest absolute Gasteiger partial charge is 0.282 e. The molecule has 32 heavy (non-hydrogen) atoms. The highest BCUT2D eigenvalue weighted by Gasteiger charge is 2.32. The molecular weight excluding hydrogens is 400 g/mol. The number of aryl methyl sites for hydroxylation is 1. The van der Waals surface area contributed by atoms with E-state index < -0.39 is 0 Å². The highest BCUT2D eigenvalue weighted by molar-refractivity contribution is 6.33. The number of anilines is 1. The Labute approximate surface area is 188 Å². The summed E-state index contributed by atoms with van der Waals surface area (Å²) in [7, 11) is 0. The van der Waals surface area contributed by atoms with Gasteiger partial charge in [0.2, 0.25) is 0 Å². The van der Waals surface area contributed by atoms with Gasteiger partial charge in [0.05, 0.1) is 18.9 Å². The van der Waals surface area contributed by atoms with E-state index in [4.69, 9.17) is 14.5 Å². The Hall–Kier alpha value is -3.86. The minimum absolute atomic E-state index is 0.168. The number of ether oxygens (including phenoxy) is 2. The van der Waals surface area contributed by atoms with E-state index in [0.717, 1.165) is 33.9 Å². The van der Waals surface area contributed by atoms with Crippen LogP contribution >= 0.6 is 0 Å². The first-order valence-electron chi connectivity index (χ1n) is 10.8. The summed E-state index contributed by atoms with van der Waals surface area (Å²) < 4.78 is 11.1. The highest BCUT2D eigenvalue weighted by Crippen LogP contribution is 2.29. The van der Waals surface area contributed by atoms with E-state index in [9.17, 15) is 4.79 Å². The van der Waals surface area contributed by atoms with Crippen LogP contribution in [0.5, 0.6) is 11.5 Å². The Kier molecular flexibility index (Phi) is 6.36. The van der Waals surface area contributed by atoms with E-state index in [1.165, 1.54) is 0 Å². The van der Waals surface area contributed by atoms with E-state index >= 15 is 0 Å². The number of hydrogen-bond acceptors (Lipinski definition) is 4. The number of rotatable bonds is 7. The second-order valence-electron chi connectivity index (χ2n) is 7.40. The number of nitrogens with zero attached hydrogens (tertiary/aromatic N) is 2. The van der Waals surface area contributed by atoms with E-state index in [1.807, 2.05) is 93.6 Å². The van der Waals surface area contributed by atoms with Crippen LogP contribution < -0.4 is 14.4 Å². The van der Waals surface area contributed by atoms with Crippen molar-refractivity contribution in [3.05, 3.63) is 95.2 Å². The molecule has 162 valence electrons. The third-order valence-corrected chi connectivity index (χ3v) is 5.07. The first kappa shape index (κ1) is 21.4. The van der Waals surface area contributed by atoms with Crippen molar-refractivity contribution in [3.8, 4) is 11.5 Å². The molecule has 1 amide bonds. The van der Waals surface area contributed by atoms with Crippen molar-refractivity contribution in [2.24, 2.45) is 4.99 Å². The molecule has 0 bridgehead atoms. The Morgan fingerprint density at radius 1 is 0.812 bits per heavy atom. The van der Waals surface area contributed by atoms with E-state index in [2.05, 4.69) is 0 Å². The predicted molar refractivity (Wildman–Crippen MR) is 128 cm³/mol. The molecule has 5 heteroatoms. The number of aliphatic imine (C=N–C) groups is 1. The first-order valence-corrected chi connectivity index (χ1v) is 10.8. The van der Waals surface area contributed by atoms with Crippen molar-refractivity contribution in [1.29, 1.82) is 0 Å². The normalized spacial score (nSPS) is 14.6. The molecule has 0 atom stereocenters. The minimum atomic E-state index is -0.168. The summed E-state index contributed by atoms with van der Waals surface area (Å²) in [5, 5.41) is 0. The minimum Gasteiger partial charge on any atom is -0.494 e. The van der Waals surface area contributed by atoms with Crippen LogP contribution in [0, 0.1) is 6.92 Å². The molecule has 0 saturated heterocycles. The summed E-state index contributed by atoms with van der Waals surface area (Å²) in [6.45, 7) is 7.13. The molecule has 1 aliphatic heterocycles. The quantitative estimate of drug-likeness (QED) is 0.460. The topological polar surface area (TPSA) is 51.1 Å². The zero-order chi connectivity index (χ0) is 22.5. The van der Waals surface area contributed by atoms with Crippen molar-refractivity contribution in [2.75, 3.05) is 18.1 Å². The Balaban J connectivity index is 1.72. The number of hydrogen-bond donors (Lipinski definition) is 0. The molecular formula is C27H26N2O3. The molecule has 1 aliphatic rings. The lowest BCUT2D eigenvalue weighted by Gasteiger charge is -2.19. The van der Waals surface area contributed by atoms with Gasteiger partial charge in [-0.15, -0.1) is 0 Å². The second kappa shape index (κ2) is 9.52. The number of carbonyl (C=O) groups is 1. The highest BCUT2D eigenvalue weighted by atomic mass is 16.5. The first-order chi connectivity index (χ1) is 15.6. The van der Waals surface area contributed by atoms with Crippen LogP contribution in [0.4, 0.5) is 5.69 Å². The van der Waals surface area contributed by atoms with Crippen molar-refractivity contribution >= 4 is 23.5 Å². The van der Waals surface area contributed by atoms with Crippen molar-refractivity contribution in [1.82, 2.24) is 0 Å². The Morgan fingerprint density at radius 3 is 1.94 bits per heavy atom. The second-order valence-corrected chi connectivity index (χ2v) is 7.40. The molecule has 0 radical (unpaired) electrons. The largest absolute Gasteiger partial charge is 0.494 e. The van der Waals surface area contributed by atoms with E-state index in [0.29, 0.717) is 24.7 Å². The van der Waals surface area contributed by atoms with Crippen LogP contribution in [0.3, 0.4) is 0 Å². The fraction of sp³-hybridized carbons (Fsp3) is 0.185. The molecule has 3 aromatic carbocycles. The van der Waals surface area contributed by atoms with Gasteiger partial charge in [0.1, 0.15) is 23.0 Å². The zero-order valence-electron chi connectivity index (χ0n) is 18.5. The summed E-state index contributed by atoms with van der Waals surface area (Å²) in [4.78, 5) is 19.8. The lowest BCUT2D eigenvalue weighted by atomic mass is 10.1. The summed E-state index contributed by atoms with van der Waals surface area (Å²) in [6, 6.07) is 23.1. The summed E-state index contributed by atoms with van der Waals surface area (Å²) in [6.07, 6.45) is 1.81. The van der Waals surface area contributed by atoms with Gasteiger partial charge in [-0.3, -0.25) is 9.69 Å². The fourth-order valence-corrected chi connectivity index (χ4v) is 3.50. The molecule has 5 nitrogen and oxygen atoms in total. The van der Waals surface area contributed by atoms with Gasteiger partial charge in [-0.05, 0) is 68.8 Å². The van der Waals surface area contributed by atoms with Gasteiger partial charge < -0.3 is 9.47 Å². The molecule has 0 unspecified atom stereocenters. The van der Waals surface area contributed by atoms with Crippen LogP contribution in [0.2, 0.25) is 0 Å². The van der Waals surface area contributed by atoms with Gasteiger partial charge in [0, 0.05) is 5.56 Å². The fourth-order valence-electron chi connectivity index (χ4n) is 3.50. The van der Waals surface area contributed by atoms with Gasteiger partial charge >= 0.3 is 0 Å². The van der Waals surface area contributed by atoms with Crippen molar-refractivity contribution in [3.63, 3.8) is 0 Å². The summed E-state index contributed by atoms with van der Waals surface area (Å²) in [5.74, 6) is 2.00. The molecule has 0 N–H and O–H groups in total. The molecule has 0 saturated carbocycles. The molecule has 1 heterocycles. The molecule has 3 aromatic rings. The van der Waals surface area contributed by atoms with E-state index in [1.54, 1.807) is 11.0 Å². The number of amidine groups is 1. The average molecular weight is 427 g/mol. The lowest BCUT2D eigenvalue weighted by Crippen LogP contribution is -2.32. The van der Waals surface area contributed by atoms with Crippen LogP contribution in [-0.4, -0.2) is 25.0 Å².